The molecule has 1 saturated heterocycles. The number of rotatable bonds is 3. The standard InChI is InChI=1S/C17H25NO/c19-13-17-7-3-4-10-18(17)12-14-8-9-15-5-1-2-6-16(15)11-14/h1-2,5-6,14,17,19H,3-4,7-13H2/t14?,17-/m0/s1. The molecule has 0 radical (unpaired) electrons. The van der Waals surface area contributed by atoms with Crippen LogP contribution in [-0.2, 0) is 12.8 Å². The maximum atomic E-state index is 9.51. The normalized spacial score (nSPS) is 28.1. The van der Waals surface area contributed by atoms with Crippen molar-refractivity contribution in [2.24, 2.45) is 5.92 Å². The lowest BCUT2D eigenvalue weighted by atomic mass is 9.83. The van der Waals surface area contributed by atoms with Crippen LogP contribution in [0.4, 0.5) is 0 Å². The van der Waals surface area contributed by atoms with Gasteiger partial charge in [-0.25, -0.2) is 0 Å². The van der Waals surface area contributed by atoms with Gasteiger partial charge in [-0.2, -0.15) is 0 Å². The lowest BCUT2D eigenvalue weighted by Gasteiger charge is -2.38. The number of aryl methyl sites for hydroxylation is 1. The molecule has 1 aliphatic heterocycles. The van der Waals surface area contributed by atoms with Crippen LogP contribution in [0.5, 0.6) is 0 Å². The molecule has 1 aromatic rings. The fourth-order valence-electron chi connectivity index (χ4n) is 3.77. The zero-order valence-electron chi connectivity index (χ0n) is 11.7. The van der Waals surface area contributed by atoms with E-state index in [2.05, 4.69) is 29.2 Å². The van der Waals surface area contributed by atoms with Crippen molar-refractivity contribution in [1.82, 2.24) is 4.90 Å². The van der Waals surface area contributed by atoms with Gasteiger partial charge >= 0.3 is 0 Å². The first-order chi connectivity index (χ1) is 9.36. The zero-order valence-corrected chi connectivity index (χ0v) is 11.7. The predicted octanol–water partition coefficient (Wildman–Crippen LogP) is 2.64. The Balaban J connectivity index is 1.62. The molecule has 0 aromatic heterocycles. The predicted molar refractivity (Wildman–Crippen MR) is 78.3 cm³/mol. The van der Waals surface area contributed by atoms with E-state index in [9.17, 15) is 5.11 Å². The van der Waals surface area contributed by atoms with Crippen LogP contribution in [-0.4, -0.2) is 35.7 Å². The topological polar surface area (TPSA) is 23.5 Å². The summed E-state index contributed by atoms with van der Waals surface area (Å²) < 4.78 is 0. The largest absolute Gasteiger partial charge is 0.395 e. The minimum atomic E-state index is 0.337. The first kappa shape index (κ1) is 13.1. The van der Waals surface area contributed by atoms with Crippen LogP contribution in [0.3, 0.4) is 0 Å². The van der Waals surface area contributed by atoms with Crippen LogP contribution in [0.2, 0.25) is 0 Å². The van der Waals surface area contributed by atoms with Crippen LogP contribution < -0.4 is 0 Å². The Morgan fingerprint density at radius 3 is 2.79 bits per heavy atom. The summed E-state index contributed by atoms with van der Waals surface area (Å²) in [5.41, 5.74) is 3.10. The molecule has 19 heavy (non-hydrogen) atoms. The Bertz CT molecular complexity index is 417. The van der Waals surface area contributed by atoms with Gasteiger partial charge in [0.1, 0.15) is 0 Å². The van der Waals surface area contributed by atoms with Crippen molar-refractivity contribution in [3.8, 4) is 0 Å². The van der Waals surface area contributed by atoms with E-state index in [4.69, 9.17) is 0 Å². The van der Waals surface area contributed by atoms with Crippen LogP contribution >= 0.6 is 0 Å². The molecular formula is C17H25NO. The number of aliphatic hydroxyl groups excluding tert-OH is 1. The minimum absolute atomic E-state index is 0.337. The number of fused-ring (bicyclic) bond motifs is 1. The van der Waals surface area contributed by atoms with Crippen molar-refractivity contribution in [3.05, 3.63) is 35.4 Å². The first-order valence-electron chi connectivity index (χ1n) is 7.78. The summed E-state index contributed by atoms with van der Waals surface area (Å²) in [6, 6.07) is 9.32. The number of aliphatic hydroxyl groups is 1. The Hall–Kier alpha value is -0.860. The number of hydrogen-bond donors (Lipinski definition) is 1. The number of benzene rings is 1. The van der Waals surface area contributed by atoms with E-state index in [1.54, 1.807) is 11.1 Å². The summed E-state index contributed by atoms with van der Waals surface area (Å²) in [6.45, 7) is 2.70. The third-order valence-electron chi connectivity index (χ3n) is 4.90. The van der Waals surface area contributed by atoms with Gasteiger partial charge in [0.25, 0.3) is 0 Å². The molecular weight excluding hydrogens is 234 g/mol. The van der Waals surface area contributed by atoms with E-state index in [0.29, 0.717) is 12.6 Å². The van der Waals surface area contributed by atoms with E-state index in [-0.39, 0.29) is 0 Å². The maximum absolute atomic E-state index is 9.51. The van der Waals surface area contributed by atoms with E-state index in [1.165, 1.54) is 51.6 Å². The van der Waals surface area contributed by atoms with Gasteiger partial charge < -0.3 is 5.11 Å². The number of nitrogens with zero attached hydrogens (tertiary/aromatic N) is 1. The summed E-state index contributed by atoms with van der Waals surface area (Å²) in [6.07, 6.45) is 7.55. The van der Waals surface area contributed by atoms with Gasteiger partial charge in [0.15, 0.2) is 0 Å². The Labute approximate surface area is 116 Å². The van der Waals surface area contributed by atoms with Crippen LogP contribution in [0.25, 0.3) is 0 Å². The van der Waals surface area contributed by atoms with Gasteiger partial charge in [0, 0.05) is 12.6 Å². The highest BCUT2D eigenvalue weighted by molar-refractivity contribution is 5.29. The van der Waals surface area contributed by atoms with E-state index in [0.717, 1.165) is 5.92 Å². The number of piperidine rings is 1. The highest BCUT2D eigenvalue weighted by Crippen LogP contribution is 2.27. The summed E-state index contributed by atoms with van der Waals surface area (Å²) in [5, 5.41) is 9.51. The Morgan fingerprint density at radius 1 is 1.11 bits per heavy atom. The lowest BCUT2D eigenvalue weighted by molar-refractivity contribution is 0.0737. The molecule has 1 heterocycles. The smallest absolute Gasteiger partial charge is 0.0586 e. The fourth-order valence-corrected chi connectivity index (χ4v) is 3.77. The average Bonchev–Trinajstić information content (AvgIpc) is 2.48. The van der Waals surface area contributed by atoms with E-state index in [1.807, 2.05) is 0 Å². The molecule has 0 amide bonds. The van der Waals surface area contributed by atoms with Crippen LogP contribution in [0.1, 0.15) is 36.8 Å². The quantitative estimate of drug-likeness (QED) is 0.902. The molecule has 0 bridgehead atoms. The second kappa shape index (κ2) is 6.06. The highest BCUT2D eigenvalue weighted by atomic mass is 16.3. The summed E-state index contributed by atoms with van der Waals surface area (Å²) in [7, 11) is 0. The van der Waals surface area contributed by atoms with E-state index >= 15 is 0 Å². The highest BCUT2D eigenvalue weighted by Gasteiger charge is 2.26. The molecule has 2 atom stereocenters. The van der Waals surface area contributed by atoms with Crippen molar-refractivity contribution < 1.29 is 5.11 Å². The molecule has 3 rings (SSSR count). The van der Waals surface area contributed by atoms with Gasteiger partial charge in [0.05, 0.1) is 6.61 Å². The third-order valence-corrected chi connectivity index (χ3v) is 4.90. The van der Waals surface area contributed by atoms with Gasteiger partial charge in [-0.1, -0.05) is 30.7 Å². The average molecular weight is 259 g/mol. The second-order valence-corrected chi connectivity index (χ2v) is 6.20. The molecule has 1 aliphatic carbocycles. The molecule has 1 unspecified atom stereocenters. The van der Waals surface area contributed by atoms with Crippen molar-refractivity contribution in [3.63, 3.8) is 0 Å². The van der Waals surface area contributed by atoms with Crippen molar-refractivity contribution in [2.45, 2.75) is 44.6 Å². The Morgan fingerprint density at radius 2 is 1.95 bits per heavy atom. The first-order valence-corrected chi connectivity index (χ1v) is 7.78. The number of likely N-dealkylation sites (tertiary alicyclic amines) is 1. The van der Waals surface area contributed by atoms with E-state index < -0.39 is 0 Å². The van der Waals surface area contributed by atoms with Crippen molar-refractivity contribution in [2.75, 3.05) is 19.7 Å². The third kappa shape index (κ3) is 3.01. The summed E-state index contributed by atoms with van der Waals surface area (Å²) in [5.74, 6) is 0.780. The lowest BCUT2D eigenvalue weighted by Crippen LogP contribution is -2.45. The Kier molecular flexibility index (Phi) is 4.19. The summed E-state index contributed by atoms with van der Waals surface area (Å²) in [4.78, 5) is 2.54. The molecule has 2 aliphatic rings. The number of hydrogen-bond acceptors (Lipinski definition) is 2. The SMILES string of the molecule is OC[C@@H]1CCCCN1CC1CCc2ccccc2C1. The summed E-state index contributed by atoms with van der Waals surface area (Å²) >= 11 is 0. The molecule has 0 spiro atoms. The molecule has 104 valence electrons. The molecule has 2 heteroatoms. The molecule has 1 fully saturated rings. The minimum Gasteiger partial charge on any atom is -0.395 e. The maximum Gasteiger partial charge on any atom is 0.0586 e. The van der Waals surface area contributed by atoms with Gasteiger partial charge in [-0.15, -0.1) is 0 Å². The van der Waals surface area contributed by atoms with Crippen LogP contribution in [0, 0.1) is 5.92 Å². The monoisotopic (exact) mass is 259 g/mol. The molecule has 1 aromatic carbocycles. The van der Waals surface area contributed by atoms with Gasteiger partial charge in [-0.05, 0) is 55.7 Å². The van der Waals surface area contributed by atoms with Crippen molar-refractivity contribution in [1.29, 1.82) is 0 Å². The van der Waals surface area contributed by atoms with Gasteiger partial charge in [0.2, 0.25) is 0 Å². The van der Waals surface area contributed by atoms with Gasteiger partial charge in [-0.3, -0.25) is 4.90 Å². The second-order valence-electron chi connectivity index (χ2n) is 6.20. The molecule has 2 nitrogen and oxygen atoms in total. The molecule has 0 saturated carbocycles. The van der Waals surface area contributed by atoms with Crippen LogP contribution in [0.15, 0.2) is 24.3 Å². The fraction of sp³-hybridized carbons (Fsp3) is 0.647. The van der Waals surface area contributed by atoms with Crippen molar-refractivity contribution >= 4 is 0 Å². The molecule has 1 N–H and O–H groups in total. The zero-order chi connectivity index (χ0) is 13.1.